The highest BCUT2D eigenvalue weighted by molar-refractivity contribution is 6.04. The maximum atomic E-state index is 13.6. The summed E-state index contributed by atoms with van der Waals surface area (Å²) < 4.78 is 24.9. The first kappa shape index (κ1) is 17.0. The van der Waals surface area contributed by atoms with Crippen LogP contribution in [-0.4, -0.2) is 29.2 Å². The van der Waals surface area contributed by atoms with E-state index in [1.165, 1.54) is 29.0 Å². The SMILES string of the molecule is O=C(OC1CCOC1=O)c1cn(-c2cccc(F)c2)c(=O)c2ccccc12. The van der Waals surface area contributed by atoms with Crippen LogP contribution in [0.4, 0.5) is 4.39 Å². The molecule has 1 unspecified atom stereocenters. The van der Waals surface area contributed by atoms with E-state index in [9.17, 15) is 18.8 Å². The fourth-order valence-corrected chi connectivity index (χ4v) is 3.05. The number of nitrogens with zero attached hydrogens (tertiary/aromatic N) is 1. The number of benzene rings is 2. The van der Waals surface area contributed by atoms with Gasteiger partial charge in [-0.05, 0) is 24.3 Å². The van der Waals surface area contributed by atoms with E-state index in [0.717, 1.165) is 0 Å². The van der Waals surface area contributed by atoms with E-state index in [4.69, 9.17) is 9.47 Å². The van der Waals surface area contributed by atoms with Gasteiger partial charge in [-0.15, -0.1) is 0 Å². The van der Waals surface area contributed by atoms with Gasteiger partial charge in [0, 0.05) is 23.4 Å². The minimum atomic E-state index is -0.967. The van der Waals surface area contributed by atoms with Crippen LogP contribution < -0.4 is 5.56 Å². The topological polar surface area (TPSA) is 74.6 Å². The van der Waals surface area contributed by atoms with E-state index in [2.05, 4.69) is 0 Å². The van der Waals surface area contributed by atoms with Crippen molar-refractivity contribution in [1.29, 1.82) is 0 Å². The lowest BCUT2D eigenvalue weighted by Crippen LogP contribution is -2.25. The van der Waals surface area contributed by atoms with Crippen molar-refractivity contribution in [2.45, 2.75) is 12.5 Å². The quantitative estimate of drug-likeness (QED) is 0.665. The smallest absolute Gasteiger partial charge is 0.347 e. The summed E-state index contributed by atoms with van der Waals surface area (Å²) in [5.74, 6) is -1.85. The third kappa shape index (κ3) is 3.08. The van der Waals surface area contributed by atoms with E-state index in [1.54, 1.807) is 30.3 Å². The van der Waals surface area contributed by atoms with Gasteiger partial charge in [0.05, 0.1) is 17.9 Å². The zero-order valence-corrected chi connectivity index (χ0v) is 14.1. The van der Waals surface area contributed by atoms with Gasteiger partial charge in [0.1, 0.15) is 5.82 Å². The van der Waals surface area contributed by atoms with Crippen molar-refractivity contribution in [1.82, 2.24) is 4.57 Å². The Morgan fingerprint density at radius 2 is 1.89 bits per heavy atom. The second-order valence-electron chi connectivity index (χ2n) is 6.09. The average molecular weight is 367 g/mol. The fourth-order valence-electron chi connectivity index (χ4n) is 3.05. The lowest BCUT2D eigenvalue weighted by Gasteiger charge is -2.13. The van der Waals surface area contributed by atoms with Crippen molar-refractivity contribution in [2.24, 2.45) is 0 Å². The number of hydrogen-bond donors (Lipinski definition) is 0. The van der Waals surface area contributed by atoms with Crippen molar-refractivity contribution in [3.63, 3.8) is 0 Å². The molecular weight excluding hydrogens is 353 g/mol. The number of fused-ring (bicyclic) bond motifs is 1. The van der Waals surface area contributed by atoms with E-state index >= 15 is 0 Å². The molecule has 0 aliphatic carbocycles. The molecule has 0 N–H and O–H groups in total. The number of ether oxygens (including phenoxy) is 2. The number of pyridine rings is 1. The summed E-state index contributed by atoms with van der Waals surface area (Å²) in [4.78, 5) is 37.1. The van der Waals surface area contributed by atoms with E-state index in [-0.39, 0.29) is 29.7 Å². The Bertz CT molecular complexity index is 1120. The van der Waals surface area contributed by atoms with Gasteiger partial charge in [0.15, 0.2) is 0 Å². The van der Waals surface area contributed by atoms with Crippen LogP contribution in [0.3, 0.4) is 0 Å². The number of carbonyl (C=O) groups excluding carboxylic acids is 2. The molecule has 27 heavy (non-hydrogen) atoms. The van der Waals surface area contributed by atoms with Crippen LogP contribution in [0.15, 0.2) is 59.5 Å². The fraction of sp³-hybridized carbons (Fsp3) is 0.150. The number of esters is 2. The predicted octanol–water partition coefficient (Wildman–Crippen LogP) is 2.60. The zero-order valence-electron chi connectivity index (χ0n) is 14.1. The molecule has 6 nitrogen and oxygen atoms in total. The summed E-state index contributed by atoms with van der Waals surface area (Å²) in [5, 5.41) is 0.678. The van der Waals surface area contributed by atoms with Gasteiger partial charge in [-0.1, -0.05) is 24.3 Å². The molecule has 1 saturated heterocycles. The zero-order chi connectivity index (χ0) is 19.0. The highest BCUT2D eigenvalue weighted by Crippen LogP contribution is 2.21. The monoisotopic (exact) mass is 367 g/mol. The molecule has 2 heterocycles. The summed E-state index contributed by atoms with van der Waals surface area (Å²) in [6.07, 6.45) is 0.625. The molecule has 1 fully saturated rings. The highest BCUT2D eigenvalue weighted by atomic mass is 19.1. The third-order valence-corrected chi connectivity index (χ3v) is 4.37. The maximum Gasteiger partial charge on any atom is 0.347 e. The van der Waals surface area contributed by atoms with E-state index in [0.29, 0.717) is 5.39 Å². The van der Waals surface area contributed by atoms with Crippen LogP contribution in [-0.2, 0) is 14.3 Å². The highest BCUT2D eigenvalue weighted by Gasteiger charge is 2.31. The second-order valence-corrected chi connectivity index (χ2v) is 6.09. The summed E-state index contributed by atoms with van der Waals surface area (Å²) in [5.41, 5.74) is -0.0118. The number of aromatic nitrogens is 1. The second kappa shape index (κ2) is 6.68. The molecule has 1 atom stereocenters. The Labute approximate surface area is 152 Å². The van der Waals surface area contributed by atoms with Crippen molar-refractivity contribution >= 4 is 22.7 Å². The number of hydrogen-bond acceptors (Lipinski definition) is 5. The van der Waals surface area contributed by atoms with Crippen LogP contribution in [0.25, 0.3) is 16.5 Å². The molecule has 4 rings (SSSR count). The Kier molecular flexibility index (Phi) is 4.19. The first-order valence-corrected chi connectivity index (χ1v) is 8.32. The Morgan fingerprint density at radius 3 is 2.59 bits per heavy atom. The number of halogens is 1. The molecule has 1 aliphatic heterocycles. The molecule has 136 valence electrons. The molecule has 0 radical (unpaired) electrons. The summed E-state index contributed by atoms with van der Waals surface area (Å²) in [6.45, 7) is 0.195. The third-order valence-electron chi connectivity index (χ3n) is 4.37. The van der Waals surface area contributed by atoms with Gasteiger partial charge in [0.2, 0.25) is 6.10 Å². The molecule has 7 heteroatoms. The Hall–Kier alpha value is -3.48. The van der Waals surface area contributed by atoms with Crippen LogP contribution in [0.2, 0.25) is 0 Å². The minimum Gasteiger partial charge on any atom is -0.463 e. The average Bonchev–Trinajstić information content (AvgIpc) is 3.07. The maximum absolute atomic E-state index is 13.6. The van der Waals surface area contributed by atoms with Crippen LogP contribution >= 0.6 is 0 Å². The normalized spacial score (nSPS) is 16.3. The van der Waals surface area contributed by atoms with Gasteiger partial charge < -0.3 is 9.47 Å². The molecule has 0 amide bonds. The van der Waals surface area contributed by atoms with Gasteiger partial charge in [-0.3, -0.25) is 9.36 Å². The molecular formula is C20H14FNO5. The van der Waals surface area contributed by atoms with Gasteiger partial charge in [-0.2, -0.15) is 0 Å². The molecule has 3 aromatic rings. The molecule has 0 saturated carbocycles. The van der Waals surface area contributed by atoms with Crippen molar-refractivity contribution < 1.29 is 23.5 Å². The van der Waals surface area contributed by atoms with Crippen molar-refractivity contribution in [2.75, 3.05) is 6.61 Å². The van der Waals surface area contributed by atoms with Crippen LogP contribution in [0.5, 0.6) is 0 Å². The Balaban J connectivity index is 1.86. The Morgan fingerprint density at radius 1 is 1.11 bits per heavy atom. The molecule has 0 spiro atoms. The van der Waals surface area contributed by atoms with Crippen LogP contribution in [0.1, 0.15) is 16.8 Å². The molecule has 1 aliphatic rings. The van der Waals surface area contributed by atoms with Crippen LogP contribution in [0, 0.1) is 5.82 Å². The standard InChI is InChI=1S/C20H14FNO5/c21-12-4-3-5-13(10-12)22-11-16(14-6-1-2-7-15(14)18(22)23)19(24)27-17-8-9-26-20(17)25/h1-7,10-11,17H,8-9H2. The molecule has 2 aromatic carbocycles. The number of carbonyl (C=O) groups is 2. The molecule has 1 aromatic heterocycles. The molecule has 0 bridgehead atoms. The van der Waals surface area contributed by atoms with Gasteiger partial charge in [-0.25, -0.2) is 14.0 Å². The lowest BCUT2D eigenvalue weighted by atomic mass is 10.1. The first-order valence-electron chi connectivity index (χ1n) is 8.32. The summed E-state index contributed by atoms with van der Waals surface area (Å²) in [7, 11) is 0. The largest absolute Gasteiger partial charge is 0.463 e. The lowest BCUT2D eigenvalue weighted by molar-refractivity contribution is -0.145. The van der Waals surface area contributed by atoms with E-state index in [1.807, 2.05) is 0 Å². The first-order chi connectivity index (χ1) is 13.0. The van der Waals surface area contributed by atoms with Gasteiger partial charge in [0.25, 0.3) is 5.56 Å². The minimum absolute atomic E-state index is 0.106. The number of rotatable bonds is 3. The predicted molar refractivity (Wildman–Crippen MR) is 94.3 cm³/mol. The summed E-state index contributed by atoms with van der Waals surface area (Å²) in [6, 6.07) is 12.0. The van der Waals surface area contributed by atoms with Gasteiger partial charge >= 0.3 is 11.9 Å². The van der Waals surface area contributed by atoms with E-state index < -0.39 is 29.4 Å². The van der Waals surface area contributed by atoms with Crippen molar-refractivity contribution in [3.05, 3.63) is 76.5 Å². The number of cyclic esters (lactones) is 1. The van der Waals surface area contributed by atoms with Crippen molar-refractivity contribution in [3.8, 4) is 5.69 Å². The summed E-state index contributed by atoms with van der Waals surface area (Å²) >= 11 is 0.